The van der Waals surface area contributed by atoms with Gasteiger partial charge in [-0.1, -0.05) is 13.8 Å². The number of thioether (sulfide) groups is 1. The highest BCUT2D eigenvalue weighted by atomic mass is 32.2. The predicted molar refractivity (Wildman–Crippen MR) is 77.5 cm³/mol. The van der Waals surface area contributed by atoms with Gasteiger partial charge in [0.25, 0.3) is 0 Å². The molecule has 0 bridgehead atoms. The Hall–Kier alpha value is 0.01000. The second kappa shape index (κ2) is 8.15. The predicted octanol–water partition coefficient (Wildman–Crippen LogP) is 3.93. The van der Waals surface area contributed by atoms with Crippen molar-refractivity contribution in [1.29, 1.82) is 0 Å². The zero-order valence-corrected chi connectivity index (χ0v) is 12.2. The molecular weight excluding hydrogens is 234 g/mol. The molecule has 0 aliphatic rings. The molecule has 0 fully saturated rings. The Morgan fingerprint density at radius 3 is 2.81 bits per heavy atom. The summed E-state index contributed by atoms with van der Waals surface area (Å²) in [6, 6.07) is 4.42. The normalized spacial score (nSPS) is 11.2. The van der Waals surface area contributed by atoms with Crippen LogP contribution in [0, 0.1) is 12.8 Å². The number of hydrogen-bond acceptors (Lipinski definition) is 3. The van der Waals surface area contributed by atoms with Gasteiger partial charge in [-0.15, -0.1) is 11.3 Å². The minimum atomic E-state index is 0.826. The lowest BCUT2D eigenvalue weighted by molar-refractivity contribution is 0.684. The first-order valence-corrected chi connectivity index (χ1v) is 7.99. The van der Waals surface area contributed by atoms with Crippen LogP contribution in [0.25, 0.3) is 0 Å². The highest BCUT2D eigenvalue weighted by Crippen LogP contribution is 2.14. The molecule has 0 radical (unpaired) electrons. The molecule has 0 aliphatic carbocycles. The lowest BCUT2D eigenvalue weighted by Gasteiger charge is -2.05. The number of nitrogens with one attached hydrogen (secondary N) is 1. The number of hydrogen-bond donors (Lipinski definition) is 1. The quantitative estimate of drug-likeness (QED) is 0.708. The Morgan fingerprint density at radius 1 is 1.38 bits per heavy atom. The first-order chi connectivity index (χ1) is 7.68. The van der Waals surface area contributed by atoms with Crippen molar-refractivity contribution in [2.75, 3.05) is 18.1 Å². The summed E-state index contributed by atoms with van der Waals surface area (Å²) in [5, 5.41) is 3.50. The monoisotopic (exact) mass is 257 g/mol. The molecule has 0 amide bonds. The largest absolute Gasteiger partial charge is 0.312 e. The molecule has 1 heterocycles. The van der Waals surface area contributed by atoms with Gasteiger partial charge in [0.15, 0.2) is 0 Å². The Balaban J connectivity index is 1.92. The average molecular weight is 257 g/mol. The molecule has 0 spiro atoms. The minimum Gasteiger partial charge on any atom is -0.312 e. The Bertz CT molecular complexity index is 281. The van der Waals surface area contributed by atoms with E-state index in [0.29, 0.717) is 0 Å². The van der Waals surface area contributed by atoms with Gasteiger partial charge in [0.2, 0.25) is 0 Å². The molecule has 16 heavy (non-hydrogen) atoms. The van der Waals surface area contributed by atoms with E-state index in [9.17, 15) is 0 Å². The Labute approximate surface area is 108 Å². The lowest BCUT2D eigenvalue weighted by Crippen LogP contribution is -2.14. The molecular formula is C13H23NS2. The molecule has 1 rings (SSSR count). The molecule has 0 aliphatic heterocycles. The fraction of sp³-hybridized carbons (Fsp3) is 0.692. The van der Waals surface area contributed by atoms with Gasteiger partial charge in [0.1, 0.15) is 0 Å². The van der Waals surface area contributed by atoms with Gasteiger partial charge in [-0.2, -0.15) is 11.8 Å². The summed E-state index contributed by atoms with van der Waals surface area (Å²) in [6.07, 6.45) is 1.28. The summed E-state index contributed by atoms with van der Waals surface area (Å²) in [5.74, 6) is 3.41. The van der Waals surface area contributed by atoms with Crippen molar-refractivity contribution >= 4 is 23.1 Å². The van der Waals surface area contributed by atoms with Gasteiger partial charge in [-0.3, -0.25) is 0 Å². The molecule has 3 heteroatoms. The highest BCUT2D eigenvalue weighted by molar-refractivity contribution is 7.99. The maximum atomic E-state index is 3.50. The van der Waals surface area contributed by atoms with E-state index in [0.717, 1.165) is 19.0 Å². The summed E-state index contributed by atoms with van der Waals surface area (Å²) in [6.45, 7) is 8.90. The van der Waals surface area contributed by atoms with Crippen molar-refractivity contribution in [2.24, 2.45) is 5.92 Å². The summed E-state index contributed by atoms with van der Waals surface area (Å²) in [4.78, 5) is 2.86. The summed E-state index contributed by atoms with van der Waals surface area (Å²) in [5.41, 5.74) is 0. The van der Waals surface area contributed by atoms with E-state index in [4.69, 9.17) is 0 Å². The maximum absolute atomic E-state index is 3.50. The van der Waals surface area contributed by atoms with Gasteiger partial charge in [0, 0.05) is 16.3 Å². The molecule has 1 aromatic heterocycles. The van der Waals surface area contributed by atoms with E-state index in [2.05, 4.69) is 50.0 Å². The topological polar surface area (TPSA) is 12.0 Å². The SMILES string of the molecule is Cc1ccc(CNCCCSCC(C)C)s1. The van der Waals surface area contributed by atoms with E-state index >= 15 is 0 Å². The molecule has 0 unspecified atom stereocenters. The summed E-state index contributed by atoms with van der Waals surface area (Å²) >= 11 is 3.97. The molecule has 0 aromatic carbocycles. The third kappa shape index (κ3) is 6.56. The van der Waals surface area contributed by atoms with Crippen LogP contribution in [0.5, 0.6) is 0 Å². The Kier molecular flexibility index (Phi) is 7.17. The van der Waals surface area contributed by atoms with Crippen LogP contribution in [0.2, 0.25) is 0 Å². The van der Waals surface area contributed by atoms with Crippen LogP contribution in [0.1, 0.15) is 30.0 Å². The first kappa shape index (κ1) is 14.1. The van der Waals surface area contributed by atoms with Crippen molar-refractivity contribution in [2.45, 2.75) is 33.7 Å². The summed E-state index contributed by atoms with van der Waals surface area (Å²) in [7, 11) is 0. The smallest absolute Gasteiger partial charge is 0.0299 e. The van der Waals surface area contributed by atoms with Gasteiger partial charge < -0.3 is 5.32 Å². The van der Waals surface area contributed by atoms with Gasteiger partial charge >= 0.3 is 0 Å². The van der Waals surface area contributed by atoms with Gasteiger partial charge in [-0.05, 0) is 49.4 Å². The van der Waals surface area contributed by atoms with Crippen LogP contribution < -0.4 is 5.32 Å². The van der Waals surface area contributed by atoms with Gasteiger partial charge in [-0.25, -0.2) is 0 Å². The van der Waals surface area contributed by atoms with E-state index in [1.54, 1.807) is 0 Å². The van der Waals surface area contributed by atoms with Crippen LogP contribution in [0.15, 0.2) is 12.1 Å². The molecule has 0 atom stereocenters. The molecule has 0 saturated heterocycles. The zero-order chi connectivity index (χ0) is 11.8. The van der Waals surface area contributed by atoms with Crippen molar-refractivity contribution in [3.63, 3.8) is 0 Å². The fourth-order valence-corrected chi connectivity index (χ4v) is 3.26. The van der Waals surface area contributed by atoms with Crippen molar-refractivity contribution in [1.82, 2.24) is 5.32 Å². The van der Waals surface area contributed by atoms with E-state index in [1.807, 2.05) is 11.3 Å². The fourth-order valence-electron chi connectivity index (χ4n) is 1.41. The van der Waals surface area contributed by atoms with E-state index in [1.165, 1.54) is 27.7 Å². The van der Waals surface area contributed by atoms with Crippen LogP contribution in [-0.4, -0.2) is 18.1 Å². The molecule has 1 aromatic rings. The third-order valence-electron chi connectivity index (χ3n) is 2.19. The second-order valence-electron chi connectivity index (χ2n) is 4.51. The Morgan fingerprint density at radius 2 is 2.19 bits per heavy atom. The maximum Gasteiger partial charge on any atom is 0.0299 e. The second-order valence-corrected chi connectivity index (χ2v) is 7.03. The number of rotatable bonds is 8. The average Bonchev–Trinajstić information content (AvgIpc) is 2.62. The highest BCUT2D eigenvalue weighted by Gasteiger charge is 1.97. The zero-order valence-electron chi connectivity index (χ0n) is 10.6. The first-order valence-electron chi connectivity index (χ1n) is 6.02. The van der Waals surface area contributed by atoms with Crippen molar-refractivity contribution in [3.8, 4) is 0 Å². The van der Waals surface area contributed by atoms with Crippen molar-refractivity contribution in [3.05, 3.63) is 21.9 Å². The van der Waals surface area contributed by atoms with E-state index in [-0.39, 0.29) is 0 Å². The summed E-state index contributed by atoms with van der Waals surface area (Å²) < 4.78 is 0. The van der Waals surface area contributed by atoms with Crippen LogP contribution in [0.4, 0.5) is 0 Å². The molecule has 0 saturated carbocycles. The number of thiophene rings is 1. The minimum absolute atomic E-state index is 0.826. The lowest BCUT2D eigenvalue weighted by atomic mass is 10.3. The van der Waals surface area contributed by atoms with E-state index < -0.39 is 0 Å². The molecule has 1 nitrogen and oxygen atoms in total. The van der Waals surface area contributed by atoms with Crippen LogP contribution in [-0.2, 0) is 6.54 Å². The molecule has 92 valence electrons. The molecule has 1 N–H and O–H groups in total. The third-order valence-corrected chi connectivity index (χ3v) is 4.67. The van der Waals surface area contributed by atoms with Crippen molar-refractivity contribution < 1.29 is 0 Å². The van der Waals surface area contributed by atoms with Crippen LogP contribution >= 0.6 is 23.1 Å². The van der Waals surface area contributed by atoms with Gasteiger partial charge in [0.05, 0.1) is 0 Å². The number of aryl methyl sites for hydroxylation is 1. The standard InChI is InChI=1S/C13H23NS2/c1-11(2)10-15-8-4-7-14-9-13-6-5-12(3)16-13/h5-6,11,14H,4,7-10H2,1-3H3. The van der Waals surface area contributed by atoms with Crippen LogP contribution in [0.3, 0.4) is 0 Å².